The monoisotopic (exact) mass is 311 g/mol. The second-order valence-corrected chi connectivity index (χ2v) is 5.85. The average Bonchev–Trinajstić information content (AvgIpc) is 2.41. The first-order valence-electron chi connectivity index (χ1n) is 5.72. The SMILES string of the molecule is N=C(N)c1ccc(NS(=O)(=O)c2ccc(F)cc2)c(F)c1. The van der Waals surface area contributed by atoms with Gasteiger partial charge in [0.2, 0.25) is 0 Å². The smallest absolute Gasteiger partial charge is 0.261 e. The molecule has 2 rings (SSSR count). The first kappa shape index (κ1) is 14.9. The normalized spacial score (nSPS) is 11.1. The second kappa shape index (κ2) is 5.49. The van der Waals surface area contributed by atoms with Gasteiger partial charge in [0, 0.05) is 5.56 Å². The maximum absolute atomic E-state index is 13.8. The molecule has 0 radical (unpaired) electrons. The van der Waals surface area contributed by atoms with E-state index < -0.39 is 21.7 Å². The summed E-state index contributed by atoms with van der Waals surface area (Å²) in [5, 5.41) is 7.17. The fourth-order valence-corrected chi connectivity index (χ4v) is 2.65. The summed E-state index contributed by atoms with van der Waals surface area (Å²) < 4.78 is 52.6. The highest BCUT2D eigenvalue weighted by atomic mass is 32.2. The van der Waals surface area contributed by atoms with Crippen molar-refractivity contribution >= 4 is 21.5 Å². The van der Waals surface area contributed by atoms with E-state index in [1.54, 1.807) is 0 Å². The fraction of sp³-hybridized carbons (Fsp3) is 0. The molecule has 0 amide bonds. The van der Waals surface area contributed by atoms with Gasteiger partial charge in [-0.25, -0.2) is 17.2 Å². The van der Waals surface area contributed by atoms with Crippen LogP contribution < -0.4 is 10.5 Å². The maximum Gasteiger partial charge on any atom is 0.261 e. The zero-order valence-corrected chi connectivity index (χ0v) is 11.4. The van der Waals surface area contributed by atoms with Crippen LogP contribution in [0, 0.1) is 17.0 Å². The Morgan fingerprint density at radius 1 is 1.10 bits per heavy atom. The number of nitrogen functional groups attached to an aromatic ring is 1. The van der Waals surface area contributed by atoms with Crippen LogP contribution in [0.15, 0.2) is 47.4 Å². The lowest BCUT2D eigenvalue weighted by Crippen LogP contribution is -2.15. The molecule has 0 atom stereocenters. The quantitative estimate of drug-likeness (QED) is 0.595. The number of anilines is 1. The molecule has 2 aromatic carbocycles. The fourth-order valence-electron chi connectivity index (χ4n) is 1.58. The topological polar surface area (TPSA) is 96.0 Å². The first-order valence-corrected chi connectivity index (χ1v) is 7.20. The minimum Gasteiger partial charge on any atom is -0.384 e. The highest BCUT2D eigenvalue weighted by Crippen LogP contribution is 2.20. The molecule has 0 spiro atoms. The molecule has 21 heavy (non-hydrogen) atoms. The summed E-state index contributed by atoms with van der Waals surface area (Å²) in [5.74, 6) is -1.78. The summed E-state index contributed by atoms with van der Waals surface area (Å²) in [6.07, 6.45) is 0. The van der Waals surface area contributed by atoms with Gasteiger partial charge in [0.05, 0.1) is 10.6 Å². The molecule has 0 heterocycles. The third kappa shape index (κ3) is 3.34. The van der Waals surface area contributed by atoms with Gasteiger partial charge in [-0.05, 0) is 42.5 Å². The molecule has 0 saturated heterocycles. The van der Waals surface area contributed by atoms with Gasteiger partial charge in [0.15, 0.2) is 0 Å². The molecule has 0 aliphatic heterocycles. The van der Waals surface area contributed by atoms with Gasteiger partial charge in [-0.2, -0.15) is 0 Å². The summed E-state index contributed by atoms with van der Waals surface area (Å²) in [6, 6.07) is 7.54. The van der Waals surface area contributed by atoms with E-state index in [1.807, 2.05) is 0 Å². The predicted molar refractivity (Wildman–Crippen MR) is 74.6 cm³/mol. The van der Waals surface area contributed by atoms with Crippen LogP contribution in [0.4, 0.5) is 14.5 Å². The molecule has 4 N–H and O–H groups in total. The third-order valence-electron chi connectivity index (χ3n) is 2.65. The number of rotatable bonds is 4. The Morgan fingerprint density at radius 3 is 2.24 bits per heavy atom. The van der Waals surface area contributed by atoms with Gasteiger partial charge >= 0.3 is 0 Å². The lowest BCUT2D eigenvalue weighted by atomic mass is 10.2. The molecular weight excluding hydrogens is 300 g/mol. The highest BCUT2D eigenvalue weighted by Gasteiger charge is 2.16. The van der Waals surface area contributed by atoms with Crippen molar-refractivity contribution in [2.24, 2.45) is 5.73 Å². The van der Waals surface area contributed by atoms with Gasteiger partial charge in [-0.1, -0.05) is 0 Å². The summed E-state index contributed by atoms with van der Waals surface area (Å²) in [4.78, 5) is -0.195. The maximum atomic E-state index is 13.8. The Morgan fingerprint density at radius 2 is 1.71 bits per heavy atom. The summed E-state index contributed by atoms with van der Waals surface area (Å²) in [7, 11) is -4.03. The molecule has 0 aliphatic rings. The van der Waals surface area contributed by atoms with E-state index in [0.29, 0.717) is 0 Å². The molecule has 8 heteroatoms. The van der Waals surface area contributed by atoms with E-state index in [1.165, 1.54) is 6.07 Å². The number of benzene rings is 2. The largest absolute Gasteiger partial charge is 0.384 e. The van der Waals surface area contributed by atoms with Crippen LogP contribution in [-0.4, -0.2) is 14.3 Å². The second-order valence-electron chi connectivity index (χ2n) is 4.17. The van der Waals surface area contributed by atoms with Crippen LogP contribution in [0.2, 0.25) is 0 Å². The van der Waals surface area contributed by atoms with E-state index in [2.05, 4.69) is 4.72 Å². The van der Waals surface area contributed by atoms with Gasteiger partial charge in [0.1, 0.15) is 17.5 Å². The van der Waals surface area contributed by atoms with Gasteiger partial charge in [-0.15, -0.1) is 0 Å². The number of nitrogens with two attached hydrogens (primary N) is 1. The third-order valence-corrected chi connectivity index (χ3v) is 4.03. The lowest BCUT2D eigenvalue weighted by molar-refractivity contribution is 0.597. The van der Waals surface area contributed by atoms with Crippen molar-refractivity contribution in [2.75, 3.05) is 4.72 Å². The summed E-state index contributed by atoms with van der Waals surface area (Å²) in [5.41, 5.74) is 5.06. The zero-order valence-electron chi connectivity index (χ0n) is 10.6. The Bertz CT molecular complexity index is 790. The average molecular weight is 311 g/mol. The van der Waals surface area contributed by atoms with Crippen molar-refractivity contribution in [3.05, 3.63) is 59.7 Å². The minimum absolute atomic E-state index is 0.136. The first-order chi connectivity index (χ1) is 9.79. The van der Waals surface area contributed by atoms with E-state index in [-0.39, 0.29) is 22.0 Å². The van der Waals surface area contributed by atoms with Crippen LogP contribution in [-0.2, 0) is 10.0 Å². The Kier molecular flexibility index (Phi) is 3.90. The van der Waals surface area contributed by atoms with Crippen molar-refractivity contribution in [2.45, 2.75) is 4.90 Å². The van der Waals surface area contributed by atoms with Crippen LogP contribution in [0.5, 0.6) is 0 Å². The van der Waals surface area contributed by atoms with E-state index in [4.69, 9.17) is 11.1 Å². The summed E-state index contributed by atoms with van der Waals surface area (Å²) >= 11 is 0. The van der Waals surface area contributed by atoms with Crippen molar-refractivity contribution in [3.8, 4) is 0 Å². The molecule has 0 unspecified atom stereocenters. The number of halogens is 2. The molecule has 0 aromatic heterocycles. The molecule has 0 aliphatic carbocycles. The molecule has 110 valence electrons. The molecule has 0 bridgehead atoms. The van der Waals surface area contributed by atoms with Crippen molar-refractivity contribution < 1.29 is 17.2 Å². The molecule has 0 saturated carbocycles. The van der Waals surface area contributed by atoms with Crippen LogP contribution in [0.1, 0.15) is 5.56 Å². The molecular formula is C13H11F2N3O2S. The Hall–Kier alpha value is -2.48. The van der Waals surface area contributed by atoms with Crippen molar-refractivity contribution in [3.63, 3.8) is 0 Å². The predicted octanol–water partition coefficient (Wildman–Crippen LogP) is 2.05. The molecule has 2 aromatic rings. The molecule has 0 fully saturated rings. The van der Waals surface area contributed by atoms with E-state index in [9.17, 15) is 17.2 Å². The Balaban J connectivity index is 2.32. The number of amidine groups is 1. The van der Waals surface area contributed by atoms with Gasteiger partial charge < -0.3 is 5.73 Å². The molecule has 5 nitrogen and oxygen atoms in total. The van der Waals surface area contributed by atoms with E-state index in [0.717, 1.165) is 36.4 Å². The lowest BCUT2D eigenvalue weighted by Gasteiger charge is -2.10. The standard InChI is InChI=1S/C13H11F2N3O2S/c14-9-2-4-10(5-3-9)21(19,20)18-12-6-1-8(13(16)17)7-11(12)15/h1-7,18H,(H3,16,17). The van der Waals surface area contributed by atoms with Crippen molar-refractivity contribution in [1.29, 1.82) is 5.41 Å². The Labute approximate surface area is 120 Å². The van der Waals surface area contributed by atoms with Crippen LogP contribution in [0.3, 0.4) is 0 Å². The summed E-state index contributed by atoms with van der Waals surface area (Å²) in [6.45, 7) is 0. The number of nitrogens with one attached hydrogen (secondary N) is 2. The van der Waals surface area contributed by atoms with Crippen LogP contribution in [0.25, 0.3) is 0 Å². The van der Waals surface area contributed by atoms with E-state index >= 15 is 0 Å². The van der Waals surface area contributed by atoms with Gasteiger partial charge in [-0.3, -0.25) is 10.1 Å². The number of hydrogen-bond donors (Lipinski definition) is 3. The van der Waals surface area contributed by atoms with Gasteiger partial charge in [0.25, 0.3) is 10.0 Å². The van der Waals surface area contributed by atoms with Crippen molar-refractivity contribution in [1.82, 2.24) is 0 Å². The zero-order chi connectivity index (χ0) is 15.6. The highest BCUT2D eigenvalue weighted by molar-refractivity contribution is 7.92. The number of hydrogen-bond acceptors (Lipinski definition) is 3. The number of sulfonamides is 1. The van der Waals surface area contributed by atoms with Crippen LogP contribution >= 0.6 is 0 Å². The minimum atomic E-state index is -4.03.